The zero-order valence-corrected chi connectivity index (χ0v) is 12.7. The maximum atomic E-state index is 12.9. The van der Waals surface area contributed by atoms with Crippen LogP contribution in [0.4, 0.5) is 0 Å². The van der Waals surface area contributed by atoms with Crippen LogP contribution in [0.3, 0.4) is 0 Å². The minimum absolute atomic E-state index is 0.0230. The van der Waals surface area contributed by atoms with Gasteiger partial charge in [0.05, 0.1) is 12.0 Å². The van der Waals surface area contributed by atoms with Gasteiger partial charge in [0.15, 0.2) is 0 Å². The van der Waals surface area contributed by atoms with Gasteiger partial charge in [0, 0.05) is 32.7 Å². The number of carbonyl (C=O) groups excluding carboxylic acids is 2. The molecule has 2 heterocycles. The van der Waals surface area contributed by atoms with E-state index in [1.165, 1.54) is 0 Å². The van der Waals surface area contributed by atoms with Crippen LogP contribution in [0, 0.1) is 5.92 Å². The lowest BCUT2D eigenvalue weighted by molar-refractivity contribution is -0.145. The number of hydrogen-bond donors (Lipinski definition) is 1. The van der Waals surface area contributed by atoms with Crippen molar-refractivity contribution < 1.29 is 14.3 Å². The SMILES string of the molecule is O=C1CCN(C(=O)[C@H]2CCCO[C@H]2c2ccccc2)CCN1. The molecule has 0 saturated carbocycles. The lowest BCUT2D eigenvalue weighted by atomic mass is 9.88. The fourth-order valence-electron chi connectivity index (χ4n) is 3.23. The second-order valence-corrected chi connectivity index (χ2v) is 5.88. The molecular weight excluding hydrogens is 280 g/mol. The highest BCUT2D eigenvalue weighted by molar-refractivity contribution is 5.82. The maximum absolute atomic E-state index is 12.9. The Kier molecular flexibility index (Phi) is 4.73. The van der Waals surface area contributed by atoms with Crippen molar-refractivity contribution in [3.8, 4) is 0 Å². The van der Waals surface area contributed by atoms with Crippen LogP contribution in [-0.4, -0.2) is 43.0 Å². The molecule has 2 fully saturated rings. The molecule has 3 rings (SSSR count). The molecule has 1 N–H and O–H groups in total. The number of nitrogens with one attached hydrogen (secondary N) is 1. The topological polar surface area (TPSA) is 58.6 Å². The summed E-state index contributed by atoms with van der Waals surface area (Å²) in [6.07, 6.45) is 1.96. The first kappa shape index (κ1) is 15.0. The first-order valence-electron chi connectivity index (χ1n) is 7.98. The van der Waals surface area contributed by atoms with E-state index in [4.69, 9.17) is 4.74 Å². The van der Waals surface area contributed by atoms with Gasteiger partial charge in [-0.15, -0.1) is 0 Å². The minimum atomic E-state index is -0.172. The zero-order valence-electron chi connectivity index (χ0n) is 12.7. The van der Waals surface area contributed by atoms with Crippen LogP contribution in [0.15, 0.2) is 30.3 Å². The van der Waals surface area contributed by atoms with Crippen LogP contribution in [0.1, 0.15) is 30.9 Å². The van der Waals surface area contributed by atoms with Crippen molar-refractivity contribution in [3.05, 3.63) is 35.9 Å². The first-order chi connectivity index (χ1) is 10.8. The standard InChI is InChI=1S/C17H22N2O3/c20-15-8-10-19(11-9-18-15)17(21)14-7-4-12-22-16(14)13-5-2-1-3-6-13/h1-3,5-6,14,16H,4,7-12H2,(H,18,20)/t14-,16-/m0/s1. The van der Waals surface area contributed by atoms with E-state index in [0.29, 0.717) is 32.7 Å². The normalized spacial score (nSPS) is 26.2. The fourth-order valence-corrected chi connectivity index (χ4v) is 3.23. The molecular formula is C17H22N2O3. The molecule has 0 aliphatic carbocycles. The van der Waals surface area contributed by atoms with Gasteiger partial charge in [-0.2, -0.15) is 0 Å². The molecule has 118 valence electrons. The summed E-state index contributed by atoms with van der Waals surface area (Å²) in [4.78, 5) is 26.2. The number of hydrogen-bond acceptors (Lipinski definition) is 3. The van der Waals surface area contributed by atoms with Crippen molar-refractivity contribution in [2.24, 2.45) is 5.92 Å². The van der Waals surface area contributed by atoms with Crippen molar-refractivity contribution >= 4 is 11.8 Å². The van der Waals surface area contributed by atoms with Gasteiger partial charge >= 0.3 is 0 Å². The van der Waals surface area contributed by atoms with E-state index in [9.17, 15) is 9.59 Å². The number of benzene rings is 1. The minimum Gasteiger partial charge on any atom is -0.373 e. The van der Waals surface area contributed by atoms with Gasteiger partial charge in [-0.3, -0.25) is 9.59 Å². The highest BCUT2D eigenvalue weighted by Crippen LogP contribution is 2.34. The summed E-state index contributed by atoms with van der Waals surface area (Å²) in [6, 6.07) is 9.95. The largest absolute Gasteiger partial charge is 0.373 e. The van der Waals surface area contributed by atoms with Gasteiger partial charge in [-0.25, -0.2) is 0 Å². The van der Waals surface area contributed by atoms with Gasteiger partial charge in [0.2, 0.25) is 11.8 Å². The quantitative estimate of drug-likeness (QED) is 0.901. The van der Waals surface area contributed by atoms with E-state index in [0.717, 1.165) is 18.4 Å². The first-order valence-corrected chi connectivity index (χ1v) is 7.98. The number of ether oxygens (including phenoxy) is 1. The lowest BCUT2D eigenvalue weighted by Gasteiger charge is -2.34. The van der Waals surface area contributed by atoms with E-state index in [-0.39, 0.29) is 23.8 Å². The Bertz CT molecular complexity index is 532. The smallest absolute Gasteiger partial charge is 0.228 e. The Morgan fingerprint density at radius 3 is 2.86 bits per heavy atom. The van der Waals surface area contributed by atoms with Crippen molar-refractivity contribution in [1.82, 2.24) is 10.2 Å². The molecule has 5 heteroatoms. The second kappa shape index (κ2) is 6.92. The molecule has 22 heavy (non-hydrogen) atoms. The third-order valence-corrected chi connectivity index (χ3v) is 4.39. The van der Waals surface area contributed by atoms with E-state index in [1.807, 2.05) is 35.2 Å². The third-order valence-electron chi connectivity index (χ3n) is 4.39. The highest BCUT2D eigenvalue weighted by Gasteiger charge is 2.36. The van der Waals surface area contributed by atoms with Crippen LogP contribution in [0.5, 0.6) is 0 Å². The summed E-state index contributed by atoms with van der Waals surface area (Å²) < 4.78 is 5.91. The van der Waals surface area contributed by atoms with Gasteiger partial charge in [-0.1, -0.05) is 30.3 Å². The van der Waals surface area contributed by atoms with E-state index >= 15 is 0 Å². The van der Waals surface area contributed by atoms with Gasteiger partial charge in [-0.05, 0) is 18.4 Å². The fraction of sp³-hybridized carbons (Fsp3) is 0.529. The average molecular weight is 302 g/mol. The Morgan fingerprint density at radius 2 is 2.05 bits per heavy atom. The summed E-state index contributed by atoms with van der Waals surface area (Å²) in [5.41, 5.74) is 1.06. The predicted molar refractivity (Wildman–Crippen MR) is 82.1 cm³/mol. The Balaban J connectivity index is 1.75. The lowest BCUT2D eigenvalue weighted by Crippen LogP contribution is -2.42. The summed E-state index contributed by atoms with van der Waals surface area (Å²) in [7, 11) is 0. The van der Waals surface area contributed by atoms with Crippen molar-refractivity contribution in [3.63, 3.8) is 0 Å². The summed E-state index contributed by atoms with van der Waals surface area (Å²) in [5, 5.41) is 2.81. The predicted octanol–water partition coefficient (Wildman–Crippen LogP) is 1.50. The number of rotatable bonds is 2. The number of amides is 2. The third kappa shape index (κ3) is 3.30. The van der Waals surface area contributed by atoms with E-state index in [2.05, 4.69) is 5.32 Å². The molecule has 2 atom stereocenters. The molecule has 2 aliphatic rings. The molecule has 2 amide bonds. The summed E-state index contributed by atoms with van der Waals surface area (Å²) in [6.45, 7) is 2.32. The molecule has 2 saturated heterocycles. The Hall–Kier alpha value is -1.88. The zero-order chi connectivity index (χ0) is 15.4. The van der Waals surface area contributed by atoms with Crippen LogP contribution >= 0.6 is 0 Å². The Labute approximate surface area is 130 Å². The molecule has 1 aromatic rings. The van der Waals surface area contributed by atoms with Crippen molar-refractivity contribution in [1.29, 1.82) is 0 Å². The van der Waals surface area contributed by atoms with Gasteiger partial charge in [0.25, 0.3) is 0 Å². The number of nitrogens with zero attached hydrogens (tertiary/aromatic N) is 1. The molecule has 0 unspecified atom stereocenters. The molecule has 1 aromatic carbocycles. The molecule has 2 aliphatic heterocycles. The van der Waals surface area contributed by atoms with Crippen LogP contribution < -0.4 is 5.32 Å². The highest BCUT2D eigenvalue weighted by atomic mass is 16.5. The van der Waals surface area contributed by atoms with Gasteiger partial charge < -0.3 is 15.0 Å². The van der Waals surface area contributed by atoms with E-state index < -0.39 is 0 Å². The van der Waals surface area contributed by atoms with E-state index in [1.54, 1.807) is 0 Å². The molecule has 0 radical (unpaired) electrons. The van der Waals surface area contributed by atoms with Crippen LogP contribution in [0.2, 0.25) is 0 Å². The second-order valence-electron chi connectivity index (χ2n) is 5.88. The van der Waals surface area contributed by atoms with Crippen LogP contribution in [0.25, 0.3) is 0 Å². The monoisotopic (exact) mass is 302 g/mol. The Morgan fingerprint density at radius 1 is 1.23 bits per heavy atom. The maximum Gasteiger partial charge on any atom is 0.228 e. The molecule has 0 aromatic heterocycles. The average Bonchev–Trinajstić information content (AvgIpc) is 2.80. The molecule has 0 spiro atoms. The van der Waals surface area contributed by atoms with Gasteiger partial charge in [0.1, 0.15) is 0 Å². The summed E-state index contributed by atoms with van der Waals surface area (Å²) >= 11 is 0. The summed E-state index contributed by atoms with van der Waals surface area (Å²) in [5.74, 6) is -0.00999. The van der Waals surface area contributed by atoms with Crippen LogP contribution in [-0.2, 0) is 14.3 Å². The molecule has 5 nitrogen and oxygen atoms in total. The van der Waals surface area contributed by atoms with Crippen molar-refractivity contribution in [2.75, 3.05) is 26.2 Å². The molecule has 0 bridgehead atoms. The number of carbonyl (C=O) groups is 2. The van der Waals surface area contributed by atoms with Crippen molar-refractivity contribution in [2.45, 2.75) is 25.4 Å².